The van der Waals surface area contributed by atoms with Gasteiger partial charge < -0.3 is 14.8 Å². The maximum absolute atomic E-state index is 12.6. The van der Waals surface area contributed by atoms with Gasteiger partial charge in [0.05, 0.1) is 21.2 Å². The Bertz CT molecular complexity index is 613. The molecule has 2 rings (SSSR count). The number of carbonyl (C=O) groups excluding carboxylic acids is 1. The van der Waals surface area contributed by atoms with Crippen LogP contribution in [0.5, 0.6) is 5.75 Å². The molecule has 1 saturated heterocycles. The van der Waals surface area contributed by atoms with E-state index in [1.807, 2.05) is 26.8 Å². The lowest BCUT2D eigenvalue weighted by atomic mass is 10.1. The first-order chi connectivity index (χ1) is 10.8. The Kier molecular flexibility index (Phi) is 5.87. The van der Waals surface area contributed by atoms with Crippen LogP contribution in [0.15, 0.2) is 18.2 Å². The molecule has 0 aliphatic carbocycles. The number of nitrogens with zero attached hydrogens (tertiary/aromatic N) is 1. The van der Waals surface area contributed by atoms with Crippen LogP contribution in [0.3, 0.4) is 0 Å². The summed E-state index contributed by atoms with van der Waals surface area (Å²) < 4.78 is 12.3. The zero-order chi connectivity index (χ0) is 17.0. The summed E-state index contributed by atoms with van der Waals surface area (Å²) in [5.74, 6) is 0.157. The third-order valence-electron chi connectivity index (χ3n) is 3.42. The van der Waals surface area contributed by atoms with Gasteiger partial charge in [-0.15, -0.1) is 0 Å². The number of hydrogen-bond donors (Lipinski definition) is 1. The van der Waals surface area contributed by atoms with E-state index in [9.17, 15) is 4.79 Å². The first kappa shape index (κ1) is 18.0. The quantitative estimate of drug-likeness (QED) is 0.590. The van der Waals surface area contributed by atoms with Gasteiger partial charge in [0.25, 0.3) is 0 Å². The number of hydrogen-bond acceptors (Lipinski definition) is 5. The number of rotatable bonds is 4. The van der Waals surface area contributed by atoms with Crippen LogP contribution < -0.4 is 10.1 Å². The molecule has 1 fully saturated rings. The largest absolute Gasteiger partial charge is 0.476 e. The molecule has 0 amide bonds. The van der Waals surface area contributed by atoms with Gasteiger partial charge >= 0.3 is 5.97 Å². The monoisotopic (exact) mass is 428 g/mol. The van der Waals surface area contributed by atoms with Crippen molar-refractivity contribution in [3.63, 3.8) is 0 Å². The van der Waals surface area contributed by atoms with Crippen LogP contribution in [-0.4, -0.2) is 30.3 Å². The van der Waals surface area contributed by atoms with E-state index < -0.39 is 11.7 Å². The SMILES string of the molecule is CC(C)(C)OC(=O)C(Oc1cc(C#N)ccc1I)C1CCCN1. The molecule has 1 aliphatic rings. The molecule has 1 heterocycles. The highest BCUT2D eigenvalue weighted by Gasteiger charge is 2.36. The van der Waals surface area contributed by atoms with Gasteiger partial charge in [-0.2, -0.15) is 5.26 Å². The van der Waals surface area contributed by atoms with Crippen LogP contribution in [0.2, 0.25) is 0 Å². The second kappa shape index (κ2) is 7.49. The molecule has 0 radical (unpaired) electrons. The summed E-state index contributed by atoms with van der Waals surface area (Å²) in [6.07, 6.45) is 1.14. The molecule has 1 aromatic rings. The van der Waals surface area contributed by atoms with E-state index in [1.54, 1.807) is 12.1 Å². The molecule has 0 saturated carbocycles. The molecule has 1 aliphatic heterocycles. The Labute approximate surface area is 150 Å². The van der Waals surface area contributed by atoms with Gasteiger partial charge in [0.2, 0.25) is 6.10 Å². The Morgan fingerprint density at radius 3 is 2.78 bits per heavy atom. The topological polar surface area (TPSA) is 71.3 Å². The van der Waals surface area contributed by atoms with Crippen molar-refractivity contribution in [3.05, 3.63) is 27.3 Å². The van der Waals surface area contributed by atoms with E-state index in [1.165, 1.54) is 0 Å². The van der Waals surface area contributed by atoms with E-state index in [0.29, 0.717) is 11.3 Å². The lowest BCUT2D eigenvalue weighted by Crippen LogP contribution is -2.47. The van der Waals surface area contributed by atoms with Crippen molar-refractivity contribution in [1.82, 2.24) is 5.32 Å². The zero-order valence-electron chi connectivity index (χ0n) is 13.6. The van der Waals surface area contributed by atoms with E-state index in [2.05, 4.69) is 34.0 Å². The van der Waals surface area contributed by atoms with Crippen LogP contribution in [-0.2, 0) is 9.53 Å². The highest BCUT2D eigenvalue weighted by atomic mass is 127. The molecule has 6 heteroatoms. The van der Waals surface area contributed by atoms with Crippen molar-refractivity contribution in [1.29, 1.82) is 5.26 Å². The van der Waals surface area contributed by atoms with Crippen LogP contribution in [0.1, 0.15) is 39.2 Å². The summed E-state index contributed by atoms with van der Waals surface area (Å²) in [7, 11) is 0. The Morgan fingerprint density at radius 2 is 2.22 bits per heavy atom. The molecular formula is C17H21IN2O3. The van der Waals surface area contributed by atoms with Crippen molar-refractivity contribution in [3.8, 4) is 11.8 Å². The molecule has 2 unspecified atom stereocenters. The predicted octanol–water partition coefficient (Wildman–Crippen LogP) is 3.00. The van der Waals surface area contributed by atoms with E-state index >= 15 is 0 Å². The van der Waals surface area contributed by atoms with Gasteiger partial charge in [0.15, 0.2) is 0 Å². The standard InChI is InChI=1S/C17H21IN2O3/c1-17(2,3)23-16(21)15(13-5-4-8-20-13)22-14-9-11(10-19)6-7-12(14)18/h6-7,9,13,15,20H,4-5,8H2,1-3H3. The first-order valence-electron chi connectivity index (χ1n) is 7.63. The summed E-state index contributed by atoms with van der Waals surface area (Å²) in [5, 5.41) is 12.3. The predicted molar refractivity (Wildman–Crippen MR) is 95.2 cm³/mol. The number of esters is 1. The first-order valence-corrected chi connectivity index (χ1v) is 8.70. The third kappa shape index (κ3) is 5.08. The fraction of sp³-hybridized carbons (Fsp3) is 0.529. The number of nitriles is 1. The highest BCUT2D eigenvalue weighted by molar-refractivity contribution is 14.1. The summed E-state index contributed by atoms with van der Waals surface area (Å²) in [6.45, 7) is 6.38. The minimum Gasteiger partial charge on any atom is -0.476 e. The molecule has 1 aromatic carbocycles. The zero-order valence-corrected chi connectivity index (χ0v) is 15.7. The maximum atomic E-state index is 12.6. The fourth-order valence-corrected chi connectivity index (χ4v) is 2.89. The Balaban J connectivity index is 2.24. The molecule has 2 atom stereocenters. The van der Waals surface area contributed by atoms with Crippen LogP contribution >= 0.6 is 22.6 Å². The molecule has 23 heavy (non-hydrogen) atoms. The second-order valence-corrected chi connectivity index (χ2v) is 7.69. The van der Waals surface area contributed by atoms with Gasteiger partial charge in [-0.25, -0.2) is 4.79 Å². The van der Waals surface area contributed by atoms with E-state index in [-0.39, 0.29) is 12.0 Å². The van der Waals surface area contributed by atoms with E-state index in [4.69, 9.17) is 14.7 Å². The lowest BCUT2D eigenvalue weighted by molar-refractivity contribution is -0.164. The summed E-state index contributed by atoms with van der Waals surface area (Å²) in [5.41, 5.74) is -0.0679. The van der Waals surface area contributed by atoms with Crippen LogP contribution in [0, 0.1) is 14.9 Å². The minimum atomic E-state index is -0.723. The fourth-order valence-electron chi connectivity index (χ4n) is 2.42. The maximum Gasteiger partial charge on any atom is 0.349 e. The Hall–Kier alpha value is -1.33. The number of carbonyl (C=O) groups is 1. The molecule has 0 aromatic heterocycles. The van der Waals surface area contributed by atoms with Crippen molar-refractivity contribution in [2.45, 2.75) is 51.4 Å². The summed E-state index contributed by atoms with van der Waals surface area (Å²) in [4.78, 5) is 12.6. The number of ether oxygens (including phenoxy) is 2. The van der Waals surface area contributed by atoms with Crippen molar-refractivity contribution in [2.75, 3.05) is 6.54 Å². The summed E-state index contributed by atoms with van der Waals surface area (Å²) >= 11 is 2.13. The average molecular weight is 428 g/mol. The normalized spacial score (nSPS) is 19.0. The Morgan fingerprint density at radius 1 is 1.48 bits per heavy atom. The number of halogens is 1. The van der Waals surface area contributed by atoms with Gasteiger partial charge in [0, 0.05) is 0 Å². The smallest absolute Gasteiger partial charge is 0.349 e. The highest BCUT2D eigenvalue weighted by Crippen LogP contribution is 2.26. The van der Waals surface area contributed by atoms with E-state index in [0.717, 1.165) is 23.0 Å². The molecule has 5 nitrogen and oxygen atoms in total. The van der Waals surface area contributed by atoms with Crippen molar-refractivity contribution in [2.24, 2.45) is 0 Å². The van der Waals surface area contributed by atoms with Gasteiger partial charge in [0.1, 0.15) is 11.4 Å². The second-order valence-electron chi connectivity index (χ2n) is 6.53. The molecule has 124 valence electrons. The molecule has 0 spiro atoms. The number of benzene rings is 1. The number of nitrogens with one attached hydrogen (secondary N) is 1. The molecule has 1 N–H and O–H groups in total. The molecule has 0 bridgehead atoms. The lowest BCUT2D eigenvalue weighted by Gasteiger charge is -2.28. The van der Waals surface area contributed by atoms with Gasteiger partial charge in [-0.05, 0) is 80.9 Å². The molecular weight excluding hydrogens is 407 g/mol. The van der Waals surface area contributed by atoms with Gasteiger partial charge in [-0.3, -0.25) is 0 Å². The average Bonchev–Trinajstić information content (AvgIpc) is 2.98. The van der Waals surface area contributed by atoms with Crippen molar-refractivity contribution < 1.29 is 14.3 Å². The summed E-state index contributed by atoms with van der Waals surface area (Å²) in [6, 6.07) is 7.21. The minimum absolute atomic E-state index is 0.0774. The van der Waals surface area contributed by atoms with Gasteiger partial charge in [-0.1, -0.05) is 0 Å². The third-order valence-corrected chi connectivity index (χ3v) is 4.31. The van der Waals surface area contributed by atoms with Crippen LogP contribution in [0.25, 0.3) is 0 Å². The van der Waals surface area contributed by atoms with Crippen LogP contribution in [0.4, 0.5) is 0 Å². The van der Waals surface area contributed by atoms with Crippen molar-refractivity contribution >= 4 is 28.6 Å².